The standard InChI is InChI=1S/C23H27N5O2S/c24-22(30)21-18(17-8-1-2-9-19(17)31-21)15-16-7-3-4-14-28(16)20(29)10-5-11-25-23-26-12-6-13-27-23/h1-2,6,8-9,12-13,16H,3-5,7,10-11,14-15H2,(H2,24,30)(H,25,26,27)/t16-/m1/s1. The Morgan fingerprint density at radius 2 is 1.97 bits per heavy atom. The molecule has 3 heterocycles. The fourth-order valence-electron chi connectivity index (χ4n) is 4.25. The average molecular weight is 438 g/mol. The van der Waals surface area contributed by atoms with E-state index < -0.39 is 0 Å². The summed E-state index contributed by atoms with van der Waals surface area (Å²) in [4.78, 5) is 36.0. The highest BCUT2D eigenvalue weighted by Gasteiger charge is 2.29. The maximum absolute atomic E-state index is 13.0. The summed E-state index contributed by atoms with van der Waals surface area (Å²) >= 11 is 1.45. The molecule has 1 aromatic carbocycles. The molecule has 8 heteroatoms. The number of primary amides is 1. The Morgan fingerprint density at radius 1 is 1.16 bits per heavy atom. The Labute approximate surface area is 185 Å². The van der Waals surface area contributed by atoms with Gasteiger partial charge in [-0.25, -0.2) is 9.97 Å². The first kappa shape index (κ1) is 21.2. The number of amides is 2. The number of carbonyl (C=O) groups is 2. The van der Waals surface area contributed by atoms with E-state index in [0.29, 0.717) is 36.6 Å². The zero-order chi connectivity index (χ0) is 21.6. The second-order valence-corrected chi connectivity index (χ2v) is 8.87. The van der Waals surface area contributed by atoms with E-state index in [0.717, 1.165) is 41.5 Å². The van der Waals surface area contributed by atoms with E-state index in [4.69, 9.17) is 5.73 Å². The van der Waals surface area contributed by atoms with Crippen molar-refractivity contribution in [2.45, 2.75) is 44.6 Å². The Balaban J connectivity index is 1.42. The maximum atomic E-state index is 13.0. The van der Waals surface area contributed by atoms with Crippen LogP contribution in [0, 0.1) is 0 Å². The fourth-order valence-corrected chi connectivity index (χ4v) is 5.34. The van der Waals surface area contributed by atoms with Crippen LogP contribution in [0.5, 0.6) is 0 Å². The molecule has 3 N–H and O–H groups in total. The number of nitrogens with two attached hydrogens (primary N) is 1. The number of thiophene rings is 1. The topological polar surface area (TPSA) is 101 Å². The summed E-state index contributed by atoms with van der Waals surface area (Å²) in [5.41, 5.74) is 6.67. The second-order valence-electron chi connectivity index (χ2n) is 7.81. The summed E-state index contributed by atoms with van der Waals surface area (Å²) in [6, 6.07) is 9.88. The molecule has 0 unspecified atom stereocenters. The lowest BCUT2D eigenvalue weighted by Crippen LogP contribution is -2.45. The monoisotopic (exact) mass is 437 g/mol. The van der Waals surface area contributed by atoms with Crippen LogP contribution in [0.3, 0.4) is 0 Å². The second kappa shape index (κ2) is 9.87. The highest BCUT2D eigenvalue weighted by atomic mass is 32.1. The van der Waals surface area contributed by atoms with Gasteiger partial charge in [-0.05, 0) is 55.2 Å². The number of carbonyl (C=O) groups excluding carboxylic acids is 2. The van der Waals surface area contributed by atoms with Crippen LogP contribution in [-0.4, -0.2) is 45.8 Å². The minimum absolute atomic E-state index is 0.0998. The lowest BCUT2D eigenvalue weighted by atomic mass is 9.93. The molecular weight excluding hydrogens is 410 g/mol. The number of nitrogens with zero attached hydrogens (tertiary/aromatic N) is 3. The molecule has 1 fully saturated rings. The average Bonchev–Trinajstić information content (AvgIpc) is 3.16. The van der Waals surface area contributed by atoms with Crippen LogP contribution in [0.15, 0.2) is 42.7 Å². The summed E-state index contributed by atoms with van der Waals surface area (Å²) in [7, 11) is 0. The molecule has 1 aliphatic heterocycles. The summed E-state index contributed by atoms with van der Waals surface area (Å²) in [6.07, 6.45) is 8.30. The lowest BCUT2D eigenvalue weighted by Gasteiger charge is -2.36. The Morgan fingerprint density at radius 3 is 2.77 bits per heavy atom. The van der Waals surface area contributed by atoms with Crippen molar-refractivity contribution in [2.24, 2.45) is 5.73 Å². The van der Waals surface area contributed by atoms with Crippen molar-refractivity contribution in [1.29, 1.82) is 0 Å². The molecule has 1 saturated heterocycles. The third-order valence-corrected chi connectivity index (χ3v) is 6.95. The SMILES string of the molecule is NC(=O)c1sc2ccccc2c1C[C@H]1CCCCN1C(=O)CCCNc1ncccn1. The van der Waals surface area contributed by atoms with Crippen molar-refractivity contribution >= 4 is 39.2 Å². The minimum atomic E-state index is -0.390. The maximum Gasteiger partial charge on any atom is 0.259 e. The number of nitrogens with one attached hydrogen (secondary N) is 1. The first-order chi connectivity index (χ1) is 15.1. The smallest absolute Gasteiger partial charge is 0.259 e. The van der Waals surface area contributed by atoms with E-state index in [2.05, 4.69) is 15.3 Å². The Kier molecular flexibility index (Phi) is 6.76. The molecule has 162 valence electrons. The number of aromatic nitrogens is 2. The molecule has 2 aromatic heterocycles. The van der Waals surface area contributed by atoms with Crippen molar-refractivity contribution in [2.75, 3.05) is 18.4 Å². The predicted molar refractivity (Wildman–Crippen MR) is 123 cm³/mol. The number of piperidine rings is 1. The van der Waals surface area contributed by atoms with Gasteiger partial charge in [-0.1, -0.05) is 18.2 Å². The van der Waals surface area contributed by atoms with Crippen LogP contribution in [0.4, 0.5) is 5.95 Å². The molecule has 0 radical (unpaired) electrons. The first-order valence-corrected chi connectivity index (χ1v) is 11.6. The van der Waals surface area contributed by atoms with Gasteiger partial charge in [0.05, 0.1) is 4.88 Å². The first-order valence-electron chi connectivity index (χ1n) is 10.7. The molecule has 2 amide bonds. The Hall–Kier alpha value is -3.00. The van der Waals surface area contributed by atoms with Gasteiger partial charge in [0.1, 0.15) is 0 Å². The van der Waals surface area contributed by atoms with Gasteiger partial charge in [0, 0.05) is 42.6 Å². The number of benzene rings is 1. The number of hydrogen-bond donors (Lipinski definition) is 2. The van der Waals surface area contributed by atoms with Gasteiger partial charge >= 0.3 is 0 Å². The predicted octanol–water partition coefficient (Wildman–Crippen LogP) is 3.61. The zero-order valence-electron chi connectivity index (χ0n) is 17.4. The molecule has 7 nitrogen and oxygen atoms in total. The molecule has 1 atom stereocenters. The summed E-state index contributed by atoms with van der Waals surface area (Å²) in [5, 5.41) is 4.22. The quantitative estimate of drug-likeness (QED) is 0.524. The van der Waals surface area contributed by atoms with Crippen LogP contribution < -0.4 is 11.1 Å². The van der Waals surface area contributed by atoms with Crippen LogP contribution in [-0.2, 0) is 11.2 Å². The van der Waals surface area contributed by atoms with Gasteiger partial charge in [0.25, 0.3) is 5.91 Å². The van der Waals surface area contributed by atoms with Crippen molar-refractivity contribution in [3.05, 3.63) is 53.2 Å². The van der Waals surface area contributed by atoms with Gasteiger partial charge in [-0.2, -0.15) is 0 Å². The fraction of sp³-hybridized carbons (Fsp3) is 0.391. The van der Waals surface area contributed by atoms with Crippen molar-refractivity contribution < 1.29 is 9.59 Å². The van der Waals surface area contributed by atoms with Crippen LogP contribution >= 0.6 is 11.3 Å². The highest BCUT2D eigenvalue weighted by molar-refractivity contribution is 7.21. The summed E-state index contributed by atoms with van der Waals surface area (Å²) < 4.78 is 1.06. The van der Waals surface area contributed by atoms with E-state index in [9.17, 15) is 9.59 Å². The van der Waals surface area contributed by atoms with E-state index in [1.165, 1.54) is 11.3 Å². The van der Waals surface area contributed by atoms with Gasteiger partial charge < -0.3 is 16.0 Å². The number of likely N-dealkylation sites (tertiary alicyclic amines) is 1. The third-order valence-electron chi connectivity index (χ3n) is 5.73. The van der Waals surface area contributed by atoms with E-state index >= 15 is 0 Å². The largest absolute Gasteiger partial charge is 0.365 e. The van der Waals surface area contributed by atoms with Gasteiger partial charge in [0.2, 0.25) is 11.9 Å². The van der Waals surface area contributed by atoms with Crippen LogP contribution in [0.1, 0.15) is 47.3 Å². The molecule has 0 spiro atoms. The number of hydrogen-bond acceptors (Lipinski definition) is 6. The molecule has 31 heavy (non-hydrogen) atoms. The molecular formula is C23H27N5O2S. The zero-order valence-corrected chi connectivity index (χ0v) is 18.2. The minimum Gasteiger partial charge on any atom is -0.365 e. The molecule has 1 aliphatic rings. The van der Waals surface area contributed by atoms with E-state index in [1.807, 2.05) is 29.2 Å². The van der Waals surface area contributed by atoms with E-state index in [1.54, 1.807) is 18.5 Å². The number of fused-ring (bicyclic) bond motifs is 1. The van der Waals surface area contributed by atoms with Gasteiger partial charge in [0.15, 0.2) is 0 Å². The molecule has 0 bridgehead atoms. The van der Waals surface area contributed by atoms with Crippen LogP contribution in [0.2, 0.25) is 0 Å². The number of rotatable bonds is 8. The number of anilines is 1. The summed E-state index contributed by atoms with van der Waals surface area (Å²) in [6.45, 7) is 1.42. The Bertz CT molecular complexity index is 1050. The molecule has 0 saturated carbocycles. The molecule has 3 aromatic rings. The molecule has 4 rings (SSSR count). The lowest BCUT2D eigenvalue weighted by molar-refractivity contribution is -0.134. The van der Waals surface area contributed by atoms with Crippen molar-refractivity contribution in [1.82, 2.24) is 14.9 Å². The van der Waals surface area contributed by atoms with Gasteiger partial charge in [-0.15, -0.1) is 11.3 Å². The van der Waals surface area contributed by atoms with E-state index in [-0.39, 0.29) is 17.9 Å². The van der Waals surface area contributed by atoms with Gasteiger partial charge in [-0.3, -0.25) is 9.59 Å². The summed E-state index contributed by atoms with van der Waals surface area (Å²) in [5.74, 6) is 0.355. The third kappa shape index (κ3) is 5.02. The highest BCUT2D eigenvalue weighted by Crippen LogP contribution is 2.34. The van der Waals surface area contributed by atoms with Crippen LogP contribution in [0.25, 0.3) is 10.1 Å². The molecule has 0 aliphatic carbocycles. The van der Waals surface area contributed by atoms with Crippen molar-refractivity contribution in [3.8, 4) is 0 Å². The normalized spacial score (nSPS) is 16.4. The van der Waals surface area contributed by atoms with Crippen molar-refractivity contribution in [3.63, 3.8) is 0 Å².